The van der Waals surface area contributed by atoms with E-state index in [1.807, 2.05) is 36.4 Å². The fourth-order valence-corrected chi connectivity index (χ4v) is 3.80. The Morgan fingerprint density at radius 2 is 1.21 bits per heavy atom. The van der Waals surface area contributed by atoms with Gasteiger partial charge in [-0.2, -0.15) is 0 Å². The van der Waals surface area contributed by atoms with E-state index in [2.05, 4.69) is 5.32 Å². The largest absolute Gasteiger partial charge is 0.545 e. The van der Waals surface area contributed by atoms with Crippen molar-refractivity contribution in [3.05, 3.63) is 101 Å². The Hall–Kier alpha value is -4.29. The summed E-state index contributed by atoms with van der Waals surface area (Å²) < 4.78 is 12.1. The van der Waals surface area contributed by atoms with Crippen LogP contribution in [0.3, 0.4) is 0 Å². The zero-order valence-corrected chi connectivity index (χ0v) is 17.8. The Balaban J connectivity index is 1.80. The number of hydrogen-bond acceptors (Lipinski definition) is 5. The molecule has 1 amide bonds. The molecular formula is C26H15ClNO5-. The van der Waals surface area contributed by atoms with E-state index in [0.29, 0.717) is 21.9 Å². The summed E-state index contributed by atoms with van der Waals surface area (Å²) in [6, 6.07) is 23.9. The molecule has 0 aliphatic rings. The Morgan fingerprint density at radius 1 is 0.697 bits per heavy atom. The molecule has 1 heterocycles. The molecule has 0 unspecified atom stereocenters. The highest BCUT2D eigenvalue weighted by molar-refractivity contribution is 6.34. The van der Waals surface area contributed by atoms with Gasteiger partial charge >= 0.3 is 0 Å². The fraction of sp³-hybridized carbons (Fsp3) is 0. The SMILES string of the molecule is O=C([O-])c1cc2oc3ccccc3c3ccccc3oc2cc1C(=O)Nc1ccccc1Cl. The molecule has 0 aliphatic heterocycles. The van der Waals surface area contributed by atoms with Crippen LogP contribution in [0.4, 0.5) is 5.69 Å². The van der Waals surface area contributed by atoms with Crippen molar-refractivity contribution in [3.8, 4) is 0 Å². The standard InChI is InChI=1S/C26H16ClNO5/c27-19-9-3-4-10-20(19)28-25(29)17-13-23-24(14-18(17)26(30)31)33-22-12-6-2-8-16(22)15-7-1-5-11-21(15)32-23/h1-14H,(H,28,29)(H,30,31)/p-1. The van der Waals surface area contributed by atoms with Crippen LogP contribution in [0.25, 0.3) is 33.1 Å². The first-order valence-corrected chi connectivity index (χ1v) is 10.4. The third kappa shape index (κ3) is 3.88. The summed E-state index contributed by atoms with van der Waals surface area (Å²) >= 11 is 6.13. The maximum absolute atomic E-state index is 13.0. The highest BCUT2D eigenvalue weighted by atomic mass is 35.5. The number of hydrogen-bond donors (Lipinski definition) is 1. The predicted molar refractivity (Wildman–Crippen MR) is 125 cm³/mol. The van der Waals surface area contributed by atoms with Crippen molar-refractivity contribution in [1.82, 2.24) is 0 Å². The van der Waals surface area contributed by atoms with Crippen LogP contribution in [-0.2, 0) is 0 Å². The van der Waals surface area contributed by atoms with E-state index < -0.39 is 11.9 Å². The lowest BCUT2D eigenvalue weighted by Gasteiger charge is -2.13. The molecule has 4 aromatic carbocycles. The number of carbonyl (C=O) groups excluding carboxylic acids is 2. The number of anilines is 1. The number of halogens is 1. The molecule has 1 N–H and O–H groups in total. The van der Waals surface area contributed by atoms with Crippen LogP contribution >= 0.6 is 11.6 Å². The highest BCUT2D eigenvalue weighted by Gasteiger charge is 2.17. The molecule has 0 atom stereocenters. The molecule has 7 heteroatoms. The third-order valence-corrected chi connectivity index (χ3v) is 5.50. The number of carboxylic acids is 1. The maximum atomic E-state index is 13.0. The number of rotatable bonds is 3. The van der Waals surface area contributed by atoms with E-state index >= 15 is 0 Å². The Bertz CT molecular complexity index is 1610. The van der Waals surface area contributed by atoms with Gasteiger partial charge in [-0.1, -0.05) is 60.1 Å². The van der Waals surface area contributed by atoms with Gasteiger partial charge in [0.1, 0.15) is 11.2 Å². The quantitative estimate of drug-likeness (QED) is 0.374. The molecule has 1 aromatic heterocycles. The molecule has 5 rings (SSSR count). The molecule has 0 radical (unpaired) electrons. The molecule has 162 valence electrons. The fourth-order valence-electron chi connectivity index (χ4n) is 3.62. The first kappa shape index (κ1) is 20.6. The predicted octanol–water partition coefficient (Wildman–Crippen LogP) is 5.73. The molecule has 5 aromatic rings. The van der Waals surface area contributed by atoms with Gasteiger partial charge in [-0.15, -0.1) is 0 Å². The van der Waals surface area contributed by atoms with Crippen LogP contribution in [-0.4, -0.2) is 11.9 Å². The molecule has 0 spiro atoms. The first-order valence-electron chi connectivity index (χ1n) is 10.0. The van der Waals surface area contributed by atoms with E-state index in [0.717, 1.165) is 10.8 Å². The van der Waals surface area contributed by atoms with Crippen molar-refractivity contribution >= 4 is 62.3 Å². The Kier molecular flexibility index (Phi) is 5.20. The molecule has 0 aliphatic carbocycles. The number of carboxylic acid groups (broad SMARTS) is 1. The van der Waals surface area contributed by atoms with Gasteiger partial charge in [-0.3, -0.25) is 4.79 Å². The molecular weight excluding hydrogens is 442 g/mol. The number of benzene rings is 4. The van der Waals surface area contributed by atoms with Crippen molar-refractivity contribution < 1.29 is 23.5 Å². The van der Waals surface area contributed by atoms with E-state index in [1.54, 1.807) is 36.4 Å². The van der Waals surface area contributed by atoms with E-state index in [4.69, 9.17) is 20.4 Å². The van der Waals surface area contributed by atoms with Gasteiger partial charge in [0.25, 0.3) is 5.91 Å². The molecule has 0 bridgehead atoms. The minimum Gasteiger partial charge on any atom is -0.545 e. The van der Waals surface area contributed by atoms with Crippen molar-refractivity contribution in [3.63, 3.8) is 0 Å². The number of amides is 1. The van der Waals surface area contributed by atoms with E-state index in [1.165, 1.54) is 12.1 Å². The third-order valence-electron chi connectivity index (χ3n) is 5.17. The van der Waals surface area contributed by atoms with Gasteiger partial charge in [0.15, 0.2) is 11.2 Å². The average molecular weight is 457 g/mol. The van der Waals surface area contributed by atoms with E-state index in [9.17, 15) is 14.7 Å². The van der Waals surface area contributed by atoms with Crippen LogP contribution < -0.4 is 10.4 Å². The summed E-state index contributed by atoms with van der Waals surface area (Å²) in [5.41, 5.74) is 1.24. The normalized spacial score (nSPS) is 10.9. The van der Waals surface area contributed by atoms with Crippen LogP contribution in [0.5, 0.6) is 0 Å². The summed E-state index contributed by atoms with van der Waals surface area (Å²) in [6.45, 7) is 0. The monoisotopic (exact) mass is 456 g/mol. The number of carbonyl (C=O) groups is 2. The molecule has 0 saturated carbocycles. The zero-order valence-electron chi connectivity index (χ0n) is 17.0. The molecule has 0 fully saturated rings. The zero-order chi connectivity index (χ0) is 22.9. The number of nitrogens with one attached hydrogen (secondary N) is 1. The number of para-hydroxylation sites is 3. The van der Waals surface area contributed by atoms with Crippen molar-refractivity contribution in [1.29, 1.82) is 0 Å². The highest BCUT2D eigenvalue weighted by Crippen LogP contribution is 2.29. The second kappa shape index (κ2) is 8.33. The molecule has 33 heavy (non-hydrogen) atoms. The lowest BCUT2D eigenvalue weighted by atomic mass is 10.1. The summed E-state index contributed by atoms with van der Waals surface area (Å²) in [4.78, 5) is 24.9. The molecule has 0 saturated heterocycles. The summed E-state index contributed by atoms with van der Waals surface area (Å²) in [6.07, 6.45) is 0. The number of fused-ring (bicyclic) bond motifs is 4. The van der Waals surface area contributed by atoms with Crippen LogP contribution in [0.15, 0.2) is 93.8 Å². The second-order valence-electron chi connectivity index (χ2n) is 7.26. The van der Waals surface area contributed by atoms with Crippen molar-refractivity contribution in [2.24, 2.45) is 0 Å². The van der Waals surface area contributed by atoms with Crippen LogP contribution in [0.1, 0.15) is 20.7 Å². The van der Waals surface area contributed by atoms with Crippen LogP contribution in [0.2, 0.25) is 5.02 Å². The second-order valence-corrected chi connectivity index (χ2v) is 7.67. The maximum Gasteiger partial charge on any atom is 0.256 e. The van der Waals surface area contributed by atoms with E-state index in [-0.39, 0.29) is 22.3 Å². The smallest absolute Gasteiger partial charge is 0.256 e. The van der Waals surface area contributed by atoms with Gasteiger partial charge < -0.3 is 24.1 Å². The Labute approximate surface area is 192 Å². The van der Waals surface area contributed by atoms with Gasteiger partial charge in [0.05, 0.1) is 22.2 Å². The minimum atomic E-state index is -1.53. The van der Waals surface area contributed by atoms with Gasteiger partial charge in [-0.05, 0) is 36.4 Å². The van der Waals surface area contributed by atoms with Crippen molar-refractivity contribution in [2.75, 3.05) is 5.32 Å². The lowest BCUT2D eigenvalue weighted by Crippen LogP contribution is -2.26. The number of aromatic carboxylic acids is 1. The minimum absolute atomic E-state index is 0.144. The van der Waals surface area contributed by atoms with Gasteiger partial charge in [0, 0.05) is 16.3 Å². The topological polar surface area (TPSA) is 95.5 Å². The lowest BCUT2D eigenvalue weighted by molar-refractivity contribution is -0.255. The van der Waals surface area contributed by atoms with Crippen molar-refractivity contribution in [2.45, 2.75) is 0 Å². The summed E-state index contributed by atoms with van der Waals surface area (Å²) in [5, 5.41) is 16.4. The summed E-state index contributed by atoms with van der Waals surface area (Å²) in [7, 11) is 0. The van der Waals surface area contributed by atoms with Crippen LogP contribution in [0, 0.1) is 0 Å². The van der Waals surface area contributed by atoms with Gasteiger partial charge in [0.2, 0.25) is 0 Å². The summed E-state index contributed by atoms with van der Waals surface area (Å²) in [5.74, 6) is -2.20. The first-order chi connectivity index (χ1) is 16.0. The average Bonchev–Trinajstić information content (AvgIpc) is 2.80. The van der Waals surface area contributed by atoms with Gasteiger partial charge in [-0.25, -0.2) is 0 Å². The molecule has 6 nitrogen and oxygen atoms in total. The Morgan fingerprint density at radius 3 is 1.79 bits per heavy atom.